The molecule has 0 atom stereocenters. The second kappa shape index (κ2) is 6.18. The highest BCUT2D eigenvalue weighted by molar-refractivity contribution is 5.75. The summed E-state index contributed by atoms with van der Waals surface area (Å²) in [5.41, 5.74) is 1.53. The summed E-state index contributed by atoms with van der Waals surface area (Å²) in [6.45, 7) is 0.644. The second-order valence-electron chi connectivity index (χ2n) is 4.81. The first-order valence-corrected chi connectivity index (χ1v) is 6.46. The highest BCUT2D eigenvalue weighted by atomic mass is 16.3. The molecular formula is C14H18N4O2. The van der Waals surface area contributed by atoms with Crippen LogP contribution in [0.2, 0.25) is 0 Å². The van der Waals surface area contributed by atoms with E-state index in [1.54, 1.807) is 41.9 Å². The fourth-order valence-electron chi connectivity index (χ4n) is 1.82. The number of aromatic hydroxyl groups is 1. The van der Waals surface area contributed by atoms with E-state index in [0.717, 1.165) is 12.0 Å². The zero-order valence-corrected chi connectivity index (χ0v) is 11.7. The maximum absolute atomic E-state index is 11.5. The van der Waals surface area contributed by atoms with Crippen LogP contribution in [0.5, 0.6) is 5.75 Å². The first-order valence-electron chi connectivity index (χ1n) is 6.46. The van der Waals surface area contributed by atoms with Crippen LogP contribution in [-0.2, 0) is 11.3 Å². The average Bonchev–Trinajstić information content (AvgIpc) is 2.87. The Morgan fingerprint density at radius 3 is 2.90 bits per heavy atom. The van der Waals surface area contributed by atoms with E-state index in [1.807, 2.05) is 12.3 Å². The van der Waals surface area contributed by atoms with Gasteiger partial charge in [0.15, 0.2) is 0 Å². The first-order chi connectivity index (χ1) is 9.56. The summed E-state index contributed by atoms with van der Waals surface area (Å²) in [5, 5.41) is 17.5. The number of carbonyl (C=O) groups excluding carboxylic acids is 1. The fraction of sp³-hybridized carbons (Fsp3) is 0.357. The summed E-state index contributed by atoms with van der Waals surface area (Å²) >= 11 is 0. The van der Waals surface area contributed by atoms with Gasteiger partial charge in [0.25, 0.3) is 0 Å². The van der Waals surface area contributed by atoms with Gasteiger partial charge in [0.1, 0.15) is 11.4 Å². The molecule has 2 aromatic rings. The van der Waals surface area contributed by atoms with Gasteiger partial charge >= 0.3 is 0 Å². The lowest BCUT2D eigenvalue weighted by atomic mass is 10.1. The molecule has 0 spiro atoms. The van der Waals surface area contributed by atoms with Crippen molar-refractivity contribution in [3.05, 3.63) is 30.5 Å². The molecule has 1 amide bonds. The van der Waals surface area contributed by atoms with E-state index >= 15 is 0 Å². The van der Waals surface area contributed by atoms with Gasteiger partial charge in [-0.1, -0.05) is 17.3 Å². The number of carbonyl (C=O) groups is 1. The molecule has 6 nitrogen and oxygen atoms in total. The van der Waals surface area contributed by atoms with Gasteiger partial charge in [0, 0.05) is 32.6 Å². The molecule has 0 saturated carbocycles. The Morgan fingerprint density at radius 2 is 2.20 bits per heavy atom. The minimum absolute atomic E-state index is 0.110. The van der Waals surface area contributed by atoms with Crippen LogP contribution in [0.15, 0.2) is 30.5 Å². The zero-order chi connectivity index (χ0) is 14.5. The van der Waals surface area contributed by atoms with Crippen LogP contribution in [0, 0.1) is 0 Å². The van der Waals surface area contributed by atoms with Crippen molar-refractivity contribution in [1.82, 2.24) is 19.9 Å². The van der Waals surface area contributed by atoms with Crippen molar-refractivity contribution in [3.63, 3.8) is 0 Å². The number of phenols is 1. The highest BCUT2D eigenvalue weighted by Crippen LogP contribution is 2.20. The lowest BCUT2D eigenvalue weighted by Crippen LogP contribution is -2.21. The molecule has 0 unspecified atom stereocenters. The first kappa shape index (κ1) is 14.0. The van der Waals surface area contributed by atoms with E-state index in [4.69, 9.17) is 0 Å². The summed E-state index contributed by atoms with van der Waals surface area (Å²) in [5.74, 6) is 0.312. The maximum Gasteiger partial charge on any atom is 0.222 e. The Balaban J connectivity index is 1.94. The Hall–Kier alpha value is -2.37. The molecule has 1 N–H and O–H groups in total. The monoisotopic (exact) mass is 274 g/mol. The third-order valence-electron chi connectivity index (χ3n) is 2.96. The van der Waals surface area contributed by atoms with E-state index in [1.165, 1.54) is 0 Å². The molecule has 6 heteroatoms. The smallest absolute Gasteiger partial charge is 0.222 e. The number of aromatic nitrogens is 3. The van der Waals surface area contributed by atoms with Crippen molar-refractivity contribution in [3.8, 4) is 17.0 Å². The molecule has 0 bridgehead atoms. The molecule has 1 aromatic heterocycles. The average molecular weight is 274 g/mol. The number of benzene rings is 1. The number of hydrogen-bond acceptors (Lipinski definition) is 4. The lowest BCUT2D eigenvalue weighted by molar-refractivity contribution is -0.128. The number of nitrogens with zero attached hydrogens (tertiary/aromatic N) is 4. The molecule has 0 aliphatic heterocycles. The summed E-state index contributed by atoms with van der Waals surface area (Å²) in [6.07, 6.45) is 3.03. The van der Waals surface area contributed by atoms with E-state index < -0.39 is 0 Å². The normalized spacial score (nSPS) is 10.5. The molecule has 1 aromatic carbocycles. The molecule has 2 rings (SSSR count). The van der Waals surface area contributed by atoms with Crippen molar-refractivity contribution in [2.45, 2.75) is 19.4 Å². The van der Waals surface area contributed by atoms with Gasteiger partial charge in [0.2, 0.25) is 5.91 Å². The van der Waals surface area contributed by atoms with Crippen molar-refractivity contribution in [2.24, 2.45) is 0 Å². The number of aryl methyl sites for hydroxylation is 1. The summed E-state index contributed by atoms with van der Waals surface area (Å²) in [7, 11) is 3.50. The molecular weight excluding hydrogens is 256 g/mol. The molecule has 0 aliphatic rings. The van der Waals surface area contributed by atoms with Crippen molar-refractivity contribution in [2.75, 3.05) is 14.1 Å². The van der Waals surface area contributed by atoms with Gasteiger partial charge in [0.05, 0.1) is 6.20 Å². The summed E-state index contributed by atoms with van der Waals surface area (Å²) < 4.78 is 1.71. The van der Waals surface area contributed by atoms with Gasteiger partial charge in [-0.3, -0.25) is 9.48 Å². The maximum atomic E-state index is 11.5. The third-order valence-corrected chi connectivity index (χ3v) is 2.96. The molecule has 0 radical (unpaired) electrons. The standard InChI is InChI=1S/C14H18N4O2/c1-17(2)14(20)7-4-8-18-10-13(15-16-18)11-5-3-6-12(19)9-11/h3,5-6,9-10,19H,4,7-8H2,1-2H3. The van der Waals surface area contributed by atoms with Crippen molar-refractivity contribution in [1.29, 1.82) is 0 Å². The Morgan fingerprint density at radius 1 is 1.40 bits per heavy atom. The Kier molecular flexibility index (Phi) is 4.34. The van der Waals surface area contributed by atoms with E-state index in [2.05, 4.69) is 10.3 Å². The molecule has 0 aliphatic carbocycles. The summed E-state index contributed by atoms with van der Waals surface area (Å²) in [4.78, 5) is 13.0. The lowest BCUT2D eigenvalue weighted by Gasteiger charge is -2.09. The van der Waals surface area contributed by atoms with E-state index in [0.29, 0.717) is 18.7 Å². The van der Waals surface area contributed by atoms with Crippen molar-refractivity contribution < 1.29 is 9.90 Å². The van der Waals surface area contributed by atoms with Crippen molar-refractivity contribution >= 4 is 5.91 Å². The number of rotatable bonds is 5. The van der Waals surface area contributed by atoms with Crippen LogP contribution >= 0.6 is 0 Å². The van der Waals surface area contributed by atoms with E-state index in [9.17, 15) is 9.90 Å². The topological polar surface area (TPSA) is 71.2 Å². The minimum atomic E-state index is 0.110. The largest absolute Gasteiger partial charge is 0.508 e. The van der Waals surface area contributed by atoms with Crippen LogP contribution in [0.3, 0.4) is 0 Å². The fourth-order valence-corrected chi connectivity index (χ4v) is 1.82. The van der Waals surface area contributed by atoms with Crippen LogP contribution < -0.4 is 0 Å². The minimum Gasteiger partial charge on any atom is -0.508 e. The summed E-state index contributed by atoms with van der Waals surface area (Å²) in [6, 6.07) is 6.88. The van der Waals surface area contributed by atoms with Gasteiger partial charge < -0.3 is 10.0 Å². The predicted octanol–water partition coefficient (Wildman–Crippen LogP) is 1.52. The molecule has 0 fully saturated rings. The van der Waals surface area contributed by atoms with E-state index in [-0.39, 0.29) is 11.7 Å². The molecule has 1 heterocycles. The highest BCUT2D eigenvalue weighted by Gasteiger charge is 2.06. The van der Waals surface area contributed by atoms with Gasteiger partial charge in [-0.05, 0) is 18.6 Å². The zero-order valence-electron chi connectivity index (χ0n) is 11.7. The van der Waals surface area contributed by atoms with Gasteiger partial charge in [-0.2, -0.15) is 0 Å². The number of phenolic OH excluding ortho intramolecular Hbond substituents is 1. The van der Waals surface area contributed by atoms with Crippen LogP contribution in [0.4, 0.5) is 0 Å². The molecule has 106 valence electrons. The van der Waals surface area contributed by atoms with Gasteiger partial charge in [-0.25, -0.2) is 0 Å². The quantitative estimate of drug-likeness (QED) is 0.897. The van der Waals surface area contributed by atoms with Crippen LogP contribution in [-0.4, -0.2) is 45.0 Å². The Labute approximate surface area is 117 Å². The predicted molar refractivity (Wildman–Crippen MR) is 75.1 cm³/mol. The van der Waals surface area contributed by atoms with Crippen LogP contribution in [0.1, 0.15) is 12.8 Å². The molecule has 20 heavy (non-hydrogen) atoms. The van der Waals surface area contributed by atoms with Gasteiger partial charge in [-0.15, -0.1) is 5.10 Å². The second-order valence-corrected chi connectivity index (χ2v) is 4.81. The third kappa shape index (κ3) is 3.57. The van der Waals surface area contributed by atoms with Crippen LogP contribution in [0.25, 0.3) is 11.3 Å². The SMILES string of the molecule is CN(C)C(=O)CCCn1cc(-c2cccc(O)c2)nn1. The molecule has 0 saturated heterocycles. The Bertz CT molecular complexity index is 592. The number of amides is 1. The number of hydrogen-bond donors (Lipinski definition) is 1.